The van der Waals surface area contributed by atoms with E-state index in [1.807, 2.05) is 42.5 Å². The number of H-pyrrole nitrogens is 1. The van der Waals surface area contributed by atoms with E-state index in [-0.39, 0.29) is 5.56 Å². The number of nitrogens with zero attached hydrogens (tertiary/aromatic N) is 7. The maximum atomic E-state index is 12.7. The Bertz CT molecular complexity index is 1440. The van der Waals surface area contributed by atoms with Crippen molar-refractivity contribution in [2.24, 2.45) is 0 Å². The summed E-state index contributed by atoms with van der Waals surface area (Å²) >= 11 is 1.30. The second-order valence-electron chi connectivity index (χ2n) is 7.25. The van der Waals surface area contributed by atoms with Crippen LogP contribution in [-0.2, 0) is 0 Å². The molecule has 1 aromatic carbocycles. The second-order valence-corrected chi connectivity index (χ2v) is 8.20. The fourth-order valence-corrected chi connectivity index (χ4v) is 4.36. The van der Waals surface area contributed by atoms with Gasteiger partial charge in [0.05, 0.1) is 11.9 Å². The van der Waals surface area contributed by atoms with Gasteiger partial charge in [-0.2, -0.15) is 5.10 Å². The molecule has 5 aromatic rings. The average molecular weight is 428 g/mol. The van der Waals surface area contributed by atoms with Crippen LogP contribution in [0.25, 0.3) is 28.1 Å². The highest BCUT2D eigenvalue weighted by Gasteiger charge is 2.30. The molecule has 152 valence electrons. The average Bonchev–Trinajstić information content (AvgIpc) is 3.41. The van der Waals surface area contributed by atoms with Crippen LogP contribution >= 0.6 is 11.8 Å². The number of fused-ring (bicyclic) bond motifs is 1. The van der Waals surface area contributed by atoms with E-state index in [9.17, 15) is 4.79 Å². The van der Waals surface area contributed by atoms with Crippen LogP contribution in [0.5, 0.6) is 0 Å². The van der Waals surface area contributed by atoms with Crippen LogP contribution in [0, 0.1) is 0 Å². The maximum Gasteiger partial charge on any atom is 0.262 e. The monoisotopic (exact) mass is 428 g/mol. The zero-order chi connectivity index (χ0) is 20.8. The van der Waals surface area contributed by atoms with E-state index in [0.717, 1.165) is 29.9 Å². The highest BCUT2D eigenvalue weighted by atomic mass is 32.2. The summed E-state index contributed by atoms with van der Waals surface area (Å²) in [7, 11) is 0. The summed E-state index contributed by atoms with van der Waals surface area (Å²) < 4.78 is 3.79. The van der Waals surface area contributed by atoms with Crippen LogP contribution in [0.15, 0.2) is 76.2 Å². The molecular formula is C21H16N8OS. The van der Waals surface area contributed by atoms with E-state index in [4.69, 9.17) is 0 Å². The lowest BCUT2D eigenvalue weighted by Gasteiger charge is -2.08. The first-order valence-electron chi connectivity index (χ1n) is 9.84. The molecule has 6 rings (SSSR count). The minimum absolute atomic E-state index is 0.235. The van der Waals surface area contributed by atoms with Gasteiger partial charge in [-0.15, -0.1) is 10.2 Å². The Morgan fingerprint density at radius 3 is 2.61 bits per heavy atom. The standard InChI is InChI=1S/C21H16N8OS/c30-19-16-12-23-29(15-4-2-1-3-5-15)18(16)24-20(25-19)31-21-27-26-17(28(21)14-6-7-14)13-8-10-22-11-9-13/h1-5,8-12,14H,6-7H2,(H,24,25,30). The Labute approximate surface area is 180 Å². The highest BCUT2D eigenvalue weighted by molar-refractivity contribution is 7.99. The van der Waals surface area contributed by atoms with Crippen molar-refractivity contribution in [3.05, 3.63) is 71.4 Å². The van der Waals surface area contributed by atoms with Crippen molar-refractivity contribution in [2.45, 2.75) is 29.2 Å². The van der Waals surface area contributed by atoms with Gasteiger partial charge >= 0.3 is 0 Å². The predicted molar refractivity (Wildman–Crippen MR) is 115 cm³/mol. The van der Waals surface area contributed by atoms with Crippen LogP contribution in [0.3, 0.4) is 0 Å². The van der Waals surface area contributed by atoms with Gasteiger partial charge in [-0.3, -0.25) is 14.3 Å². The van der Waals surface area contributed by atoms with Crippen LogP contribution < -0.4 is 5.56 Å². The Morgan fingerprint density at radius 2 is 1.84 bits per heavy atom. The van der Waals surface area contributed by atoms with Crippen molar-refractivity contribution in [3.8, 4) is 17.1 Å². The molecule has 9 nitrogen and oxygen atoms in total. The number of nitrogens with one attached hydrogen (secondary N) is 1. The van der Waals surface area contributed by atoms with Crippen LogP contribution in [0.4, 0.5) is 0 Å². The van der Waals surface area contributed by atoms with Crippen molar-refractivity contribution in [3.63, 3.8) is 0 Å². The van der Waals surface area contributed by atoms with E-state index >= 15 is 0 Å². The van der Waals surface area contributed by atoms with Gasteiger partial charge in [0.15, 0.2) is 21.8 Å². The summed E-state index contributed by atoms with van der Waals surface area (Å²) in [6.45, 7) is 0. The van der Waals surface area contributed by atoms with Crippen LogP contribution in [0.1, 0.15) is 18.9 Å². The number of hydrogen-bond donors (Lipinski definition) is 1. The topological polar surface area (TPSA) is 107 Å². The Balaban J connectivity index is 1.43. The fourth-order valence-electron chi connectivity index (χ4n) is 3.50. The lowest BCUT2D eigenvalue weighted by Crippen LogP contribution is -2.10. The summed E-state index contributed by atoms with van der Waals surface area (Å²) in [6.07, 6.45) is 7.18. The molecule has 10 heteroatoms. The third kappa shape index (κ3) is 3.21. The molecule has 1 aliphatic rings. The molecule has 4 aromatic heterocycles. The zero-order valence-corrected chi connectivity index (χ0v) is 17.0. The number of aromatic amines is 1. The predicted octanol–water partition coefficient (Wildman–Crippen LogP) is 3.25. The van der Waals surface area contributed by atoms with Gasteiger partial charge in [0.2, 0.25) is 0 Å². The number of hydrogen-bond acceptors (Lipinski definition) is 7. The highest BCUT2D eigenvalue weighted by Crippen LogP contribution is 2.41. The molecule has 0 saturated heterocycles. The maximum absolute atomic E-state index is 12.7. The second kappa shape index (κ2) is 7.17. The first kappa shape index (κ1) is 18.0. The summed E-state index contributed by atoms with van der Waals surface area (Å²) in [5.74, 6) is 0.796. The molecule has 0 radical (unpaired) electrons. The van der Waals surface area contributed by atoms with Gasteiger partial charge in [-0.05, 0) is 48.9 Å². The SMILES string of the molecule is O=c1[nH]c(Sc2nnc(-c3ccncc3)n2C2CC2)nc2c1cnn2-c1ccccc1. The van der Waals surface area contributed by atoms with Crippen molar-refractivity contribution < 1.29 is 0 Å². The van der Waals surface area contributed by atoms with Crippen molar-refractivity contribution in [1.29, 1.82) is 0 Å². The molecule has 31 heavy (non-hydrogen) atoms. The van der Waals surface area contributed by atoms with Gasteiger partial charge in [0.1, 0.15) is 5.39 Å². The zero-order valence-electron chi connectivity index (χ0n) is 16.2. The van der Waals surface area contributed by atoms with Crippen LogP contribution in [-0.4, -0.2) is 39.5 Å². The summed E-state index contributed by atoms with van der Waals surface area (Å²) in [5, 5.41) is 14.8. The van der Waals surface area contributed by atoms with E-state index in [1.165, 1.54) is 18.0 Å². The van der Waals surface area contributed by atoms with Gasteiger partial charge in [0, 0.05) is 24.0 Å². The van der Waals surface area contributed by atoms with Gasteiger partial charge in [-0.25, -0.2) is 9.67 Å². The van der Waals surface area contributed by atoms with E-state index in [1.54, 1.807) is 17.1 Å². The van der Waals surface area contributed by atoms with Crippen LogP contribution in [0.2, 0.25) is 0 Å². The Morgan fingerprint density at radius 1 is 1.03 bits per heavy atom. The van der Waals surface area contributed by atoms with E-state index in [2.05, 4.69) is 34.8 Å². The minimum atomic E-state index is -0.235. The smallest absolute Gasteiger partial charge is 0.262 e. The van der Waals surface area contributed by atoms with Crippen molar-refractivity contribution in [2.75, 3.05) is 0 Å². The molecular weight excluding hydrogens is 412 g/mol. The first-order chi connectivity index (χ1) is 15.3. The molecule has 0 atom stereocenters. The Kier molecular flexibility index (Phi) is 4.17. The van der Waals surface area contributed by atoms with E-state index < -0.39 is 0 Å². The number of pyridine rings is 1. The van der Waals surface area contributed by atoms with E-state index in [0.29, 0.717) is 27.4 Å². The third-order valence-electron chi connectivity index (χ3n) is 5.12. The normalized spacial score (nSPS) is 13.7. The van der Waals surface area contributed by atoms with Crippen molar-refractivity contribution in [1.82, 2.24) is 39.5 Å². The molecule has 1 N–H and O–H groups in total. The Hall–Kier alpha value is -3.79. The number of benzene rings is 1. The summed E-state index contributed by atoms with van der Waals surface area (Å²) in [6, 6.07) is 13.8. The number of aromatic nitrogens is 8. The lowest BCUT2D eigenvalue weighted by atomic mass is 10.2. The number of rotatable bonds is 5. The van der Waals surface area contributed by atoms with Gasteiger partial charge in [-0.1, -0.05) is 18.2 Å². The molecule has 1 fully saturated rings. The molecule has 4 heterocycles. The van der Waals surface area contributed by atoms with Gasteiger partial charge < -0.3 is 4.98 Å². The summed E-state index contributed by atoms with van der Waals surface area (Å²) in [4.78, 5) is 24.3. The first-order valence-corrected chi connectivity index (χ1v) is 10.7. The molecule has 1 aliphatic carbocycles. The lowest BCUT2D eigenvalue weighted by molar-refractivity contribution is 0.668. The molecule has 0 amide bonds. The quantitative estimate of drug-likeness (QED) is 0.428. The summed E-state index contributed by atoms with van der Waals surface area (Å²) in [5.41, 5.74) is 2.07. The fraction of sp³-hybridized carbons (Fsp3) is 0.143. The molecule has 1 saturated carbocycles. The molecule has 0 unspecified atom stereocenters. The number of para-hydroxylation sites is 1. The molecule has 0 spiro atoms. The third-order valence-corrected chi connectivity index (χ3v) is 5.97. The van der Waals surface area contributed by atoms with Crippen molar-refractivity contribution >= 4 is 22.8 Å². The molecule has 0 bridgehead atoms. The largest absolute Gasteiger partial charge is 0.300 e. The van der Waals surface area contributed by atoms with Gasteiger partial charge in [0.25, 0.3) is 5.56 Å². The minimum Gasteiger partial charge on any atom is -0.300 e. The molecule has 0 aliphatic heterocycles.